The van der Waals surface area contributed by atoms with Crippen LogP contribution in [0.5, 0.6) is 0 Å². The third-order valence-electron chi connectivity index (χ3n) is 2.87. The second-order valence-corrected chi connectivity index (χ2v) is 4.44. The minimum atomic E-state index is -0.738. The molecule has 0 spiro atoms. The van der Waals surface area contributed by atoms with E-state index in [4.69, 9.17) is 4.42 Å². The van der Waals surface area contributed by atoms with Gasteiger partial charge in [-0.1, -0.05) is 18.2 Å². The van der Waals surface area contributed by atoms with Gasteiger partial charge >= 0.3 is 11.8 Å². The summed E-state index contributed by atoms with van der Waals surface area (Å²) in [7, 11) is 0. The molecule has 0 aliphatic carbocycles. The van der Waals surface area contributed by atoms with E-state index >= 15 is 0 Å². The van der Waals surface area contributed by atoms with Gasteiger partial charge in [-0.2, -0.15) is 0 Å². The fourth-order valence-corrected chi connectivity index (χ4v) is 1.74. The summed E-state index contributed by atoms with van der Waals surface area (Å²) < 4.78 is 4.86. The Hall–Kier alpha value is -2.60. The smallest absolute Gasteiger partial charge is 0.313 e. The number of rotatable bonds is 5. The maximum Gasteiger partial charge on any atom is 0.313 e. The highest BCUT2D eigenvalue weighted by Gasteiger charge is 2.14. The van der Waals surface area contributed by atoms with Crippen LogP contribution in [0.1, 0.15) is 18.1 Å². The van der Waals surface area contributed by atoms with Gasteiger partial charge in [-0.15, -0.1) is 0 Å². The first kappa shape index (κ1) is 14.8. The number of furan rings is 1. The molecule has 0 radical (unpaired) electrons. The molecule has 1 heterocycles. The normalized spacial score (nSPS) is 11.7. The second-order valence-electron chi connectivity index (χ2n) is 4.44. The number of para-hydroxylation sites is 1. The molecule has 0 saturated carbocycles. The predicted molar refractivity (Wildman–Crippen MR) is 76.4 cm³/mol. The standard InChI is InChI=1S/C15H16N2O4/c18-13(11-7-9-21-10-11)6-8-16-14(19)15(20)17-12-4-2-1-3-5-12/h1-5,7,9-10,13,18H,6,8H2,(H,16,19)(H,17,20)/t13-/m0/s1. The molecule has 21 heavy (non-hydrogen) atoms. The number of carbonyl (C=O) groups is 2. The molecule has 0 aliphatic rings. The molecular formula is C15H16N2O4. The zero-order chi connectivity index (χ0) is 15.1. The number of nitrogens with one attached hydrogen (secondary N) is 2. The summed E-state index contributed by atoms with van der Waals surface area (Å²) in [5.74, 6) is -1.47. The van der Waals surface area contributed by atoms with E-state index in [2.05, 4.69) is 10.6 Å². The number of aliphatic hydroxyl groups is 1. The molecule has 1 aromatic heterocycles. The van der Waals surface area contributed by atoms with Crippen molar-refractivity contribution in [3.63, 3.8) is 0 Å². The van der Waals surface area contributed by atoms with Crippen LogP contribution >= 0.6 is 0 Å². The lowest BCUT2D eigenvalue weighted by Crippen LogP contribution is -2.36. The third-order valence-corrected chi connectivity index (χ3v) is 2.87. The highest BCUT2D eigenvalue weighted by molar-refractivity contribution is 6.39. The Balaban J connectivity index is 1.73. The second kappa shape index (κ2) is 7.25. The topological polar surface area (TPSA) is 91.6 Å². The van der Waals surface area contributed by atoms with Gasteiger partial charge in [0.2, 0.25) is 0 Å². The van der Waals surface area contributed by atoms with E-state index in [1.807, 2.05) is 6.07 Å². The first-order valence-electron chi connectivity index (χ1n) is 6.51. The van der Waals surface area contributed by atoms with Crippen LogP contribution in [-0.2, 0) is 9.59 Å². The van der Waals surface area contributed by atoms with Crippen LogP contribution in [0.25, 0.3) is 0 Å². The van der Waals surface area contributed by atoms with Gasteiger partial charge in [0.15, 0.2) is 0 Å². The average Bonchev–Trinajstić information content (AvgIpc) is 3.02. The van der Waals surface area contributed by atoms with Crippen molar-refractivity contribution in [3.8, 4) is 0 Å². The van der Waals surface area contributed by atoms with Crippen LogP contribution in [0.4, 0.5) is 5.69 Å². The highest BCUT2D eigenvalue weighted by Crippen LogP contribution is 2.15. The monoisotopic (exact) mass is 288 g/mol. The van der Waals surface area contributed by atoms with E-state index in [0.717, 1.165) is 0 Å². The minimum absolute atomic E-state index is 0.188. The maximum absolute atomic E-state index is 11.6. The fraction of sp³-hybridized carbons (Fsp3) is 0.200. The number of benzene rings is 1. The Morgan fingerprint density at radius 1 is 1.14 bits per heavy atom. The molecule has 0 aliphatic heterocycles. The first-order chi connectivity index (χ1) is 10.2. The molecule has 2 aromatic rings. The van der Waals surface area contributed by atoms with Gasteiger partial charge in [-0.25, -0.2) is 0 Å². The molecule has 110 valence electrons. The molecule has 3 N–H and O–H groups in total. The van der Waals surface area contributed by atoms with Crippen LogP contribution in [0.3, 0.4) is 0 Å². The summed E-state index contributed by atoms with van der Waals surface area (Å²) in [5.41, 5.74) is 1.19. The van der Waals surface area contributed by atoms with Gasteiger partial charge in [-0.05, 0) is 24.6 Å². The molecular weight excluding hydrogens is 272 g/mol. The van der Waals surface area contributed by atoms with Crippen LogP contribution < -0.4 is 10.6 Å². The van der Waals surface area contributed by atoms with Crippen molar-refractivity contribution < 1.29 is 19.1 Å². The Morgan fingerprint density at radius 2 is 1.90 bits per heavy atom. The molecule has 6 heteroatoms. The van der Waals surface area contributed by atoms with Gasteiger partial charge in [0.1, 0.15) is 0 Å². The molecule has 0 fully saturated rings. The Kier molecular flexibility index (Phi) is 5.11. The number of aliphatic hydroxyl groups excluding tert-OH is 1. The van der Waals surface area contributed by atoms with Crippen molar-refractivity contribution in [3.05, 3.63) is 54.5 Å². The van der Waals surface area contributed by atoms with Crippen molar-refractivity contribution in [1.29, 1.82) is 0 Å². The third kappa shape index (κ3) is 4.47. The number of carbonyl (C=O) groups excluding carboxylic acids is 2. The Morgan fingerprint density at radius 3 is 2.57 bits per heavy atom. The molecule has 0 bridgehead atoms. The Bertz CT molecular complexity index is 581. The molecule has 0 saturated heterocycles. The van der Waals surface area contributed by atoms with E-state index in [1.165, 1.54) is 12.5 Å². The SMILES string of the molecule is O=C(NCC[C@H](O)c1ccoc1)C(=O)Nc1ccccc1. The van der Waals surface area contributed by atoms with E-state index in [0.29, 0.717) is 17.7 Å². The highest BCUT2D eigenvalue weighted by atomic mass is 16.3. The van der Waals surface area contributed by atoms with Crippen LogP contribution in [-0.4, -0.2) is 23.5 Å². The summed E-state index contributed by atoms with van der Waals surface area (Å²) >= 11 is 0. The maximum atomic E-state index is 11.6. The number of hydrogen-bond donors (Lipinski definition) is 3. The van der Waals surface area contributed by atoms with Gasteiger partial charge in [-0.3, -0.25) is 9.59 Å². The van der Waals surface area contributed by atoms with E-state index in [-0.39, 0.29) is 6.54 Å². The lowest BCUT2D eigenvalue weighted by molar-refractivity contribution is -0.136. The molecule has 2 amide bonds. The lowest BCUT2D eigenvalue weighted by atomic mass is 10.1. The predicted octanol–water partition coefficient (Wildman–Crippen LogP) is 1.46. The van der Waals surface area contributed by atoms with Crippen LogP contribution in [0.15, 0.2) is 53.3 Å². The van der Waals surface area contributed by atoms with Crippen LogP contribution in [0.2, 0.25) is 0 Å². The van der Waals surface area contributed by atoms with Gasteiger partial charge in [0, 0.05) is 17.8 Å². The van der Waals surface area contributed by atoms with E-state index in [9.17, 15) is 14.7 Å². The lowest BCUT2D eigenvalue weighted by Gasteiger charge is -2.09. The van der Waals surface area contributed by atoms with Crippen molar-refractivity contribution >= 4 is 17.5 Å². The van der Waals surface area contributed by atoms with Crippen molar-refractivity contribution in [2.45, 2.75) is 12.5 Å². The van der Waals surface area contributed by atoms with E-state index in [1.54, 1.807) is 30.3 Å². The molecule has 1 aromatic carbocycles. The average molecular weight is 288 g/mol. The fourth-order valence-electron chi connectivity index (χ4n) is 1.74. The molecule has 6 nitrogen and oxygen atoms in total. The molecule has 1 atom stereocenters. The number of anilines is 1. The van der Waals surface area contributed by atoms with Crippen molar-refractivity contribution in [1.82, 2.24) is 5.32 Å². The van der Waals surface area contributed by atoms with Gasteiger partial charge in [0.05, 0.1) is 18.6 Å². The summed E-state index contributed by atoms with van der Waals surface area (Å²) in [5, 5.41) is 14.7. The summed E-state index contributed by atoms with van der Waals surface area (Å²) in [6, 6.07) is 10.4. The summed E-state index contributed by atoms with van der Waals surface area (Å²) in [4.78, 5) is 23.2. The summed E-state index contributed by atoms with van der Waals surface area (Å²) in [6.45, 7) is 0.188. The van der Waals surface area contributed by atoms with Crippen molar-refractivity contribution in [2.75, 3.05) is 11.9 Å². The minimum Gasteiger partial charge on any atom is -0.472 e. The Labute approximate surface area is 121 Å². The largest absolute Gasteiger partial charge is 0.472 e. The quantitative estimate of drug-likeness (QED) is 0.726. The first-order valence-corrected chi connectivity index (χ1v) is 6.51. The van der Waals surface area contributed by atoms with E-state index < -0.39 is 17.9 Å². The summed E-state index contributed by atoms with van der Waals surface area (Å²) in [6.07, 6.45) is 2.46. The van der Waals surface area contributed by atoms with Gasteiger partial charge < -0.3 is 20.2 Å². The molecule has 0 unspecified atom stereocenters. The van der Waals surface area contributed by atoms with Gasteiger partial charge in [0.25, 0.3) is 0 Å². The van der Waals surface area contributed by atoms with Crippen LogP contribution in [0, 0.1) is 0 Å². The van der Waals surface area contributed by atoms with Crippen molar-refractivity contribution in [2.24, 2.45) is 0 Å². The number of amides is 2. The molecule has 2 rings (SSSR count). The zero-order valence-corrected chi connectivity index (χ0v) is 11.3. The number of hydrogen-bond acceptors (Lipinski definition) is 4. The zero-order valence-electron chi connectivity index (χ0n) is 11.3.